The summed E-state index contributed by atoms with van der Waals surface area (Å²) in [7, 11) is 3.83. The molecule has 0 aromatic heterocycles. The van der Waals surface area contributed by atoms with Crippen molar-refractivity contribution in [2.45, 2.75) is 0 Å². The molecule has 0 spiro atoms. The average molecular weight is 167 g/mol. The van der Waals surface area contributed by atoms with Crippen molar-refractivity contribution >= 4 is 5.91 Å². The highest BCUT2D eigenvalue weighted by Crippen LogP contribution is 1.77. The first-order valence-corrected chi connectivity index (χ1v) is 3.63. The van der Waals surface area contributed by atoms with E-state index in [1.54, 1.807) is 6.08 Å². The van der Waals surface area contributed by atoms with Crippen LogP contribution in [0.25, 0.3) is 0 Å². The van der Waals surface area contributed by atoms with Gasteiger partial charge in [0.15, 0.2) is 0 Å². The van der Waals surface area contributed by atoms with Crippen molar-refractivity contribution in [3.8, 4) is 6.07 Å². The van der Waals surface area contributed by atoms with Gasteiger partial charge in [0, 0.05) is 12.6 Å². The molecular formula is C8H13N3O. The van der Waals surface area contributed by atoms with Crippen molar-refractivity contribution in [3.63, 3.8) is 0 Å². The van der Waals surface area contributed by atoms with E-state index >= 15 is 0 Å². The van der Waals surface area contributed by atoms with Crippen LogP contribution in [0.3, 0.4) is 0 Å². The molecule has 0 bridgehead atoms. The van der Waals surface area contributed by atoms with E-state index in [0.717, 1.165) is 6.54 Å². The molecule has 0 radical (unpaired) electrons. The summed E-state index contributed by atoms with van der Waals surface area (Å²) in [5.41, 5.74) is 0. The maximum Gasteiger partial charge on any atom is 0.244 e. The van der Waals surface area contributed by atoms with E-state index in [2.05, 4.69) is 5.32 Å². The summed E-state index contributed by atoms with van der Waals surface area (Å²) in [6.45, 7) is 0.783. The highest BCUT2D eigenvalue weighted by molar-refractivity contribution is 5.87. The second kappa shape index (κ2) is 6.38. The summed E-state index contributed by atoms with van der Waals surface area (Å²) in [6, 6.07) is 1.82. The molecule has 0 aliphatic carbocycles. The molecule has 0 heterocycles. The van der Waals surface area contributed by atoms with E-state index in [4.69, 9.17) is 5.26 Å². The third-order valence-electron chi connectivity index (χ3n) is 1.08. The number of carbonyl (C=O) groups excluding carboxylic acids is 1. The first-order chi connectivity index (χ1) is 5.66. The average Bonchev–Trinajstić information content (AvgIpc) is 2.00. The molecule has 12 heavy (non-hydrogen) atoms. The largest absolute Gasteiger partial charge is 0.339 e. The van der Waals surface area contributed by atoms with Crippen LogP contribution in [-0.2, 0) is 4.79 Å². The molecule has 0 atom stereocenters. The minimum absolute atomic E-state index is 0.0607. The predicted octanol–water partition coefficient (Wildman–Crippen LogP) is -0.256. The zero-order valence-electron chi connectivity index (χ0n) is 7.37. The fraction of sp³-hybridized carbons (Fsp3) is 0.500. The van der Waals surface area contributed by atoms with Gasteiger partial charge < -0.3 is 10.2 Å². The zero-order chi connectivity index (χ0) is 9.40. The Morgan fingerprint density at radius 2 is 2.33 bits per heavy atom. The SMILES string of the molecule is CN(C)C/C=C/C(=O)NCC#N. The van der Waals surface area contributed by atoms with Crippen molar-refractivity contribution in [2.24, 2.45) is 0 Å². The van der Waals surface area contributed by atoms with Crippen LogP contribution in [0.2, 0.25) is 0 Å². The van der Waals surface area contributed by atoms with Gasteiger partial charge in [-0.15, -0.1) is 0 Å². The van der Waals surface area contributed by atoms with Crippen LogP contribution in [0.1, 0.15) is 0 Å². The van der Waals surface area contributed by atoms with Crippen LogP contribution in [0, 0.1) is 11.3 Å². The second-order valence-electron chi connectivity index (χ2n) is 2.54. The van der Waals surface area contributed by atoms with Crippen LogP contribution in [0.15, 0.2) is 12.2 Å². The normalized spacial score (nSPS) is 10.2. The van der Waals surface area contributed by atoms with Gasteiger partial charge in [-0.3, -0.25) is 4.79 Å². The molecule has 0 saturated heterocycles. The van der Waals surface area contributed by atoms with Crippen molar-refractivity contribution in [1.82, 2.24) is 10.2 Å². The van der Waals surface area contributed by atoms with Crippen molar-refractivity contribution < 1.29 is 4.79 Å². The lowest BCUT2D eigenvalue weighted by atomic mass is 10.4. The Kier molecular flexibility index (Phi) is 5.66. The summed E-state index contributed by atoms with van der Waals surface area (Å²) < 4.78 is 0. The molecule has 1 amide bonds. The molecular weight excluding hydrogens is 154 g/mol. The molecule has 0 aliphatic rings. The smallest absolute Gasteiger partial charge is 0.244 e. The molecule has 0 aromatic carbocycles. The highest BCUT2D eigenvalue weighted by atomic mass is 16.1. The number of likely N-dealkylation sites (N-methyl/N-ethyl adjacent to an activating group) is 1. The Balaban J connectivity index is 3.55. The van der Waals surface area contributed by atoms with Gasteiger partial charge in [0.2, 0.25) is 5.91 Å². The summed E-state index contributed by atoms with van der Waals surface area (Å²) in [5, 5.41) is 10.5. The number of rotatable bonds is 4. The van der Waals surface area contributed by atoms with E-state index in [1.807, 2.05) is 25.1 Å². The molecule has 4 heteroatoms. The van der Waals surface area contributed by atoms with Gasteiger partial charge >= 0.3 is 0 Å². The second-order valence-corrected chi connectivity index (χ2v) is 2.54. The van der Waals surface area contributed by atoms with Crippen molar-refractivity contribution in [2.75, 3.05) is 27.2 Å². The number of hydrogen-bond acceptors (Lipinski definition) is 3. The van der Waals surface area contributed by atoms with E-state index < -0.39 is 0 Å². The maximum atomic E-state index is 10.8. The van der Waals surface area contributed by atoms with Crippen LogP contribution in [0.5, 0.6) is 0 Å². The minimum Gasteiger partial charge on any atom is -0.339 e. The summed E-state index contributed by atoms with van der Waals surface area (Å²) in [5.74, 6) is -0.224. The minimum atomic E-state index is -0.224. The number of nitrogens with one attached hydrogen (secondary N) is 1. The first-order valence-electron chi connectivity index (χ1n) is 3.63. The monoisotopic (exact) mass is 167 g/mol. The molecule has 0 unspecified atom stereocenters. The van der Waals surface area contributed by atoms with Crippen LogP contribution < -0.4 is 5.32 Å². The van der Waals surface area contributed by atoms with Gasteiger partial charge in [0.05, 0.1) is 6.07 Å². The van der Waals surface area contributed by atoms with Crippen LogP contribution in [-0.4, -0.2) is 38.0 Å². The number of hydrogen-bond donors (Lipinski definition) is 1. The van der Waals surface area contributed by atoms with Gasteiger partial charge in [-0.2, -0.15) is 5.26 Å². The summed E-state index contributed by atoms with van der Waals surface area (Å²) >= 11 is 0. The van der Waals surface area contributed by atoms with Gasteiger partial charge in [-0.1, -0.05) is 6.08 Å². The maximum absolute atomic E-state index is 10.8. The van der Waals surface area contributed by atoms with E-state index in [-0.39, 0.29) is 12.5 Å². The van der Waals surface area contributed by atoms with Crippen LogP contribution >= 0.6 is 0 Å². The molecule has 1 N–H and O–H groups in total. The topological polar surface area (TPSA) is 56.1 Å². The zero-order valence-corrected chi connectivity index (χ0v) is 7.37. The van der Waals surface area contributed by atoms with E-state index in [1.165, 1.54) is 6.08 Å². The van der Waals surface area contributed by atoms with Gasteiger partial charge in [-0.05, 0) is 14.1 Å². The quantitative estimate of drug-likeness (QED) is 0.464. The van der Waals surface area contributed by atoms with Gasteiger partial charge in [0.1, 0.15) is 6.54 Å². The predicted molar refractivity (Wildman–Crippen MR) is 46.3 cm³/mol. The van der Waals surface area contributed by atoms with E-state index in [0.29, 0.717) is 0 Å². The third-order valence-corrected chi connectivity index (χ3v) is 1.08. The first kappa shape index (κ1) is 10.7. The van der Waals surface area contributed by atoms with Crippen molar-refractivity contribution in [3.05, 3.63) is 12.2 Å². The standard InChI is InChI=1S/C8H13N3O/c1-11(2)7-3-4-8(12)10-6-5-9/h3-4H,6-7H2,1-2H3,(H,10,12)/b4-3+. The number of nitrogens with zero attached hydrogens (tertiary/aromatic N) is 2. The number of carbonyl (C=O) groups is 1. The molecule has 0 rings (SSSR count). The molecule has 0 saturated carbocycles. The fourth-order valence-electron chi connectivity index (χ4n) is 0.556. The number of amides is 1. The molecule has 0 aliphatic heterocycles. The lowest BCUT2D eigenvalue weighted by Gasteiger charge is -2.03. The summed E-state index contributed by atoms with van der Waals surface area (Å²) in [4.78, 5) is 12.8. The fourth-order valence-corrected chi connectivity index (χ4v) is 0.556. The lowest BCUT2D eigenvalue weighted by Crippen LogP contribution is -2.21. The Labute approximate surface area is 72.5 Å². The Bertz CT molecular complexity index is 203. The van der Waals surface area contributed by atoms with E-state index in [9.17, 15) is 4.79 Å². The van der Waals surface area contributed by atoms with Gasteiger partial charge in [0.25, 0.3) is 0 Å². The van der Waals surface area contributed by atoms with Crippen LogP contribution in [0.4, 0.5) is 0 Å². The number of nitriles is 1. The molecule has 0 aromatic rings. The Morgan fingerprint density at radius 1 is 1.67 bits per heavy atom. The third kappa shape index (κ3) is 6.78. The Morgan fingerprint density at radius 3 is 2.83 bits per heavy atom. The highest BCUT2D eigenvalue weighted by Gasteiger charge is 1.91. The molecule has 0 fully saturated rings. The molecule has 66 valence electrons. The lowest BCUT2D eigenvalue weighted by molar-refractivity contribution is -0.116. The van der Waals surface area contributed by atoms with Crippen molar-refractivity contribution in [1.29, 1.82) is 5.26 Å². The summed E-state index contributed by atoms with van der Waals surface area (Å²) in [6.07, 6.45) is 3.17. The van der Waals surface area contributed by atoms with Gasteiger partial charge in [-0.25, -0.2) is 0 Å². The Hall–Kier alpha value is -1.34. The molecule has 4 nitrogen and oxygen atoms in total.